The number of nitrogens with one attached hydrogen (secondary N) is 1. The minimum absolute atomic E-state index is 0.676. The maximum atomic E-state index is 5.81. The van der Waals surface area contributed by atoms with Crippen molar-refractivity contribution in [2.75, 3.05) is 58.9 Å². The molecule has 0 saturated carbocycles. The Balaban J connectivity index is 1.72. The van der Waals surface area contributed by atoms with Gasteiger partial charge in [0.15, 0.2) is 5.11 Å². The lowest BCUT2D eigenvalue weighted by Gasteiger charge is -2.32. The minimum atomic E-state index is 0.676. The first-order valence-corrected chi connectivity index (χ1v) is 10.6. The van der Waals surface area contributed by atoms with E-state index in [1.165, 1.54) is 0 Å². The monoisotopic (exact) mass is 429 g/mol. The van der Waals surface area contributed by atoms with Gasteiger partial charge in [0.25, 0.3) is 0 Å². The highest BCUT2D eigenvalue weighted by Crippen LogP contribution is 2.23. The highest BCUT2D eigenvalue weighted by molar-refractivity contribution is 7.80. The fraction of sp³-hybridized carbons (Fsp3) is 0.435. The second kappa shape index (κ2) is 11.2. The van der Waals surface area contributed by atoms with Crippen LogP contribution in [0.4, 0.5) is 5.69 Å². The molecule has 0 aliphatic carbocycles. The van der Waals surface area contributed by atoms with E-state index in [4.69, 9.17) is 26.4 Å². The topological polar surface area (TPSA) is 46.2 Å². The summed E-state index contributed by atoms with van der Waals surface area (Å²) in [6.45, 7) is 7.95. The summed E-state index contributed by atoms with van der Waals surface area (Å²) in [5.74, 6) is 1.74. The molecule has 0 spiro atoms. The predicted molar refractivity (Wildman–Crippen MR) is 125 cm³/mol. The summed E-state index contributed by atoms with van der Waals surface area (Å²) in [6, 6.07) is 14.1. The fourth-order valence-corrected chi connectivity index (χ4v) is 3.81. The number of para-hydroxylation sites is 1. The van der Waals surface area contributed by atoms with Crippen molar-refractivity contribution in [2.45, 2.75) is 13.5 Å². The molecule has 7 heteroatoms. The number of aryl methyl sites for hydroxylation is 1. The lowest BCUT2D eigenvalue weighted by Crippen LogP contribution is -2.44. The zero-order valence-corrected chi connectivity index (χ0v) is 18.8. The molecular weight excluding hydrogens is 398 g/mol. The normalized spacial score (nSPS) is 14.2. The van der Waals surface area contributed by atoms with E-state index in [2.05, 4.69) is 21.2 Å². The molecular formula is C23H31N3O3S. The van der Waals surface area contributed by atoms with Crippen molar-refractivity contribution in [3.05, 3.63) is 53.6 Å². The molecule has 1 aliphatic rings. The van der Waals surface area contributed by atoms with Crippen molar-refractivity contribution in [3.63, 3.8) is 0 Å². The highest BCUT2D eigenvalue weighted by atomic mass is 32.1. The van der Waals surface area contributed by atoms with Crippen LogP contribution in [0.2, 0.25) is 0 Å². The number of hydrogen-bond acceptors (Lipinski definition) is 5. The van der Waals surface area contributed by atoms with E-state index in [9.17, 15) is 0 Å². The average molecular weight is 430 g/mol. The van der Waals surface area contributed by atoms with Crippen LogP contribution in [0.15, 0.2) is 42.5 Å². The molecule has 0 unspecified atom stereocenters. The van der Waals surface area contributed by atoms with Gasteiger partial charge in [-0.2, -0.15) is 0 Å². The van der Waals surface area contributed by atoms with Crippen molar-refractivity contribution in [3.8, 4) is 11.5 Å². The minimum Gasteiger partial charge on any atom is -0.496 e. The summed E-state index contributed by atoms with van der Waals surface area (Å²) >= 11 is 5.81. The van der Waals surface area contributed by atoms with E-state index in [1.54, 1.807) is 14.2 Å². The number of nitrogens with zero attached hydrogens (tertiary/aromatic N) is 2. The molecule has 2 aromatic carbocycles. The third kappa shape index (κ3) is 6.08. The number of rotatable bonds is 8. The van der Waals surface area contributed by atoms with Crippen molar-refractivity contribution in [2.24, 2.45) is 0 Å². The summed E-state index contributed by atoms with van der Waals surface area (Å²) in [7, 11) is 3.38. The third-order valence-corrected chi connectivity index (χ3v) is 5.64. The molecule has 0 amide bonds. The third-order valence-electron chi connectivity index (χ3n) is 5.28. The van der Waals surface area contributed by atoms with Gasteiger partial charge in [0.05, 0.1) is 27.4 Å². The molecule has 3 rings (SSSR count). The Bertz CT molecular complexity index is 840. The van der Waals surface area contributed by atoms with Crippen LogP contribution >= 0.6 is 12.2 Å². The standard InChI is InChI=1S/C23H31N3O3S/c1-18-16-20(8-9-21(18)27-2)24-23(30)26(11-10-25-12-14-29-15-13-25)17-19-6-4-5-7-22(19)28-3/h4-9,16H,10-15,17H2,1-3H3,(H,24,30). The van der Waals surface area contributed by atoms with Gasteiger partial charge in [-0.05, 0) is 49.0 Å². The van der Waals surface area contributed by atoms with Gasteiger partial charge in [-0.3, -0.25) is 4.90 Å². The molecule has 1 saturated heterocycles. The maximum Gasteiger partial charge on any atom is 0.173 e. The summed E-state index contributed by atoms with van der Waals surface area (Å²) in [5.41, 5.74) is 3.13. The zero-order valence-electron chi connectivity index (χ0n) is 18.0. The van der Waals surface area contributed by atoms with Crippen molar-refractivity contribution in [1.29, 1.82) is 0 Å². The van der Waals surface area contributed by atoms with Crippen LogP contribution in [-0.2, 0) is 11.3 Å². The van der Waals surface area contributed by atoms with Gasteiger partial charge >= 0.3 is 0 Å². The van der Waals surface area contributed by atoms with E-state index < -0.39 is 0 Å². The van der Waals surface area contributed by atoms with E-state index in [0.29, 0.717) is 11.7 Å². The van der Waals surface area contributed by atoms with Crippen LogP contribution in [0, 0.1) is 6.92 Å². The summed E-state index contributed by atoms with van der Waals surface area (Å²) in [6.07, 6.45) is 0. The second-order valence-corrected chi connectivity index (χ2v) is 7.69. The number of anilines is 1. The maximum absolute atomic E-state index is 5.81. The molecule has 0 aromatic heterocycles. The molecule has 1 fully saturated rings. The van der Waals surface area contributed by atoms with Gasteiger partial charge < -0.3 is 24.4 Å². The molecule has 1 N–H and O–H groups in total. The van der Waals surface area contributed by atoms with Crippen molar-refractivity contribution < 1.29 is 14.2 Å². The van der Waals surface area contributed by atoms with Crippen LogP contribution in [0.1, 0.15) is 11.1 Å². The summed E-state index contributed by atoms with van der Waals surface area (Å²) in [4.78, 5) is 4.61. The number of morpholine rings is 1. The second-order valence-electron chi connectivity index (χ2n) is 7.30. The number of thiocarbonyl (C=S) groups is 1. The Hall–Kier alpha value is -2.35. The SMILES string of the molecule is COc1ccc(NC(=S)N(CCN2CCOCC2)Cc2ccccc2OC)cc1C. The van der Waals surface area contributed by atoms with Gasteiger partial charge in [-0.1, -0.05) is 18.2 Å². The number of benzene rings is 2. The van der Waals surface area contributed by atoms with Crippen molar-refractivity contribution in [1.82, 2.24) is 9.80 Å². The fourth-order valence-electron chi connectivity index (χ4n) is 3.54. The molecule has 162 valence electrons. The molecule has 30 heavy (non-hydrogen) atoms. The van der Waals surface area contributed by atoms with Crippen molar-refractivity contribution >= 4 is 23.0 Å². The molecule has 1 heterocycles. The van der Waals surface area contributed by atoms with Crippen LogP contribution in [0.5, 0.6) is 11.5 Å². The predicted octanol–water partition coefficient (Wildman–Crippen LogP) is 3.54. The first-order chi connectivity index (χ1) is 14.6. The highest BCUT2D eigenvalue weighted by Gasteiger charge is 2.17. The number of ether oxygens (including phenoxy) is 3. The van der Waals surface area contributed by atoms with Crippen LogP contribution in [0.25, 0.3) is 0 Å². The van der Waals surface area contributed by atoms with E-state index >= 15 is 0 Å². The van der Waals surface area contributed by atoms with E-state index in [0.717, 1.165) is 67.7 Å². The average Bonchev–Trinajstić information content (AvgIpc) is 2.77. The first kappa shape index (κ1) is 22.3. The molecule has 1 aliphatic heterocycles. The first-order valence-electron chi connectivity index (χ1n) is 10.2. The lowest BCUT2D eigenvalue weighted by molar-refractivity contribution is 0.0358. The van der Waals surface area contributed by atoms with E-state index in [-0.39, 0.29) is 0 Å². The number of hydrogen-bond donors (Lipinski definition) is 1. The summed E-state index contributed by atoms with van der Waals surface area (Å²) in [5, 5.41) is 4.09. The summed E-state index contributed by atoms with van der Waals surface area (Å²) < 4.78 is 16.4. The Labute approximate surface area is 184 Å². The largest absolute Gasteiger partial charge is 0.496 e. The molecule has 0 radical (unpaired) electrons. The van der Waals surface area contributed by atoms with Crippen LogP contribution in [0.3, 0.4) is 0 Å². The van der Waals surface area contributed by atoms with E-state index in [1.807, 2.05) is 43.3 Å². The Morgan fingerprint density at radius 2 is 1.83 bits per heavy atom. The van der Waals surface area contributed by atoms with Crippen LogP contribution < -0.4 is 14.8 Å². The Kier molecular flexibility index (Phi) is 8.30. The quantitative estimate of drug-likeness (QED) is 0.644. The van der Waals surface area contributed by atoms with Gasteiger partial charge in [-0.15, -0.1) is 0 Å². The number of methoxy groups -OCH3 is 2. The zero-order chi connectivity index (χ0) is 21.3. The van der Waals surface area contributed by atoms with Gasteiger partial charge in [0.2, 0.25) is 0 Å². The Morgan fingerprint density at radius 3 is 2.53 bits per heavy atom. The smallest absolute Gasteiger partial charge is 0.173 e. The molecule has 0 bridgehead atoms. The van der Waals surface area contributed by atoms with Gasteiger partial charge in [0, 0.05) is 44.0 Å². The van der Waals surface area contributed by atoms with Gasteiger partial charge in [0.1, 0.15) is 11.5 Å². The molecule has 0 atom stereocenters. The van der Waals surface area contributed by atoms with Gasteiger partial charge in [-0.25, -0.2) is 0 Å². The lowest BCUT2D eigenvalue weighted by atomic mass is 10.2. The molecule has 6 nitrogen and oxygen atoms in total. The molecule has 2 aromatic rings. The van der Waals surface area contributed by atoms with Crippen LogP contribution in [-0.4, -0.2) is 68.5 Å². The Morgan fingerprint density at radius 1 is 1.10 bits per heavy atom.